The van der Waals surface area contributed by atoms with E-state index in [1.165, 1.54) is 0 Å². The smallest absolute Gasteiger partial charge is 0.437 e. The maximum Gasteiger partial charge on any atom is 0.487 e. The van der Waals surface area contributed by atoms with E-state index in [4.69, 9.17) is 4.74 Å². The van der Waals surface area contributed by atoms with Gasteiger partial charge in [0.05, 0.1) is 0 Å². The van der Waals surface area contributed by atoms with Crippen molar-refractivity contribution in [2.75, 3.05) is 0 Å². The molecule has 0 bridgehead atoms. The first-order valence-electron chi connectivity index (χ1n) is 3.93. The summed E-state index contributed by atoms with van der Waals surface area (Å²) in [5.74, 6) is 0. The summed E-state index contributed by atoms with van der Waals surface area (Å²) < 4.78 is 13.3. The molecule has 0 aliphatic heterocycles. The van der Waals surface area contributed by atoms with Crippen molar-refractivity contribution in [3.63, 3.8) is 0 Å². The van der Waals surface area contributed by atoms with E-state index in [2.05, 4.69) is 15.9 Å². The van der Waals surface area contributed by atoms with Crippen molar-refractivity contribution < 1.29 is 18.9 Å². The van der Waals surface area contributed by atoms with Crippen molar-refractivity contribution in [3.8, 4) is 0 Å². The Labute approximate surface area is 75.8 Å². The Balaban J connectivity index is 2.55. The van der Waals surface area contributed by atoms with Crippen LogP contribution in [-0.2, 0) is 4.74 Å². The number of carbonyl (C=O) groups excluding carboxylic acids is 1. The van der Waals surface area contributed by atoms with E-state index in [1.807, 2.05) is 20.8 Å². The van der Waals surface area contributed by atoms with Gasteiger partial charge in [0.25, 0.3) is 0 Å². The molecule has 5 heteroatoms. The van der Waals surface area contributed by atoms with Crippen LogP contribution in [-0.4, -0.2) is 17.1 Å². The van der Waals surface area contributed by atoms with Gasteiger partial charge in [0.2, 0.25) is 0 Å². The van der Waals surface area contributed by atoms with E-state index in [0.717, 1.165) is 0 Å². The molecule has 0 fully saturated rings. The average molecular weight is 187 g/mol. The van der Waals surface area contributed by atoms with Gasteiger partial charge in [-0.2, -0.15) is 0 Å². The predicted octanol–water partition coefficient (Wildman–Crippen LogP) is 2.26. The third-order valence-corrected chi connectivity index (χ3v) is 1.59. The molecule has 0 aliphatic carbocycles. The maximum atomic E-state index is 11.0. The van der Waals surface area contributed by atoms with Gasteiger partial charge in [0.15, 0.2) is 0 Å². The van der Waals surface area contributed by atoms with Crippen molar-refractivity contribution in [2.24, 2.45) is 5.41 Å². The standard InChI is InChI=1S/C8H13NO4/c1-5-6(8(2,3)4)11-7(10)9-12-13-9/h5-6H,1H2,2-4H3. The summed E-state index contributed by atoms with van der Waals surface area (Å²) in [6.45, 7) is 9.41. The summed E-state index contributed by atoms with van der Waals surface area (Å²) in [4.78, 5) is 11.7. The Morgan fingerprint density at radius 3 is 2.38 bits per heavy atom. The van der Waals surface area contributed by atoms with Gasteiger partial charge in [-0.05, 0) is 0 Å². The SMILES string of the molecule is C=CC(OC(=O)n1oo1)C(C)(C)C. The molecule has 0 aromatic carbocycles. The summed E-state index contributed by atoms with van der Waals surface area (Å²) >= 11 is 0. The Kier molecular flexibility index (Phi) is 2.36. The fourth-order valence-corrected chi connectivity index (χ4v) is 0.808. The van der Waals surface area contributed by atoms with Gasteiger partial charge in [-0.25, -0.2) is 4.79 Å². The van der Waals surface area contributed by atoms with E-state index < -0.39 is 6.09 Å². The summed E-state index contributed by atoms with van der Waals surface area (Å²) in [7, 11) is 0. The number of rotatable bonds is 2. The zero-order valence-electron chi connectivity index (χ0n) is 7.94. The lowest BCUT2D eigenvalue weighted by molar-refractivity contribution is 0.0570. The van der Waals surface area contributed by atoms with Crippen LogP contribution in [0.15, 0.2) is 22.0 Å². The molecule has 0 saturated heterocycles. The third kappa shape index (κ3) is 2.54. The largest absolute Gasteiger partial charge is 0.487 e. The van der Waals surface area contributed by atoms with Crippen LogP contribution >= 0.6 is 0 Å². The Bertz CT molecular complexity index is 277. The van der Waals surface area contributed by atoms with Crippen molar-refractivity contribution in [1.29, 1.82) is 0 Å². The van der Waals surface area contributed by atoms with E-state index in [-0.39, 0.29) is 11.5 Å². The van der Waals surface area contributed by atoms with Gasteiger partial charge in [0.1, 0.15) is 11.0 Å². The second-order valence-electron chi connectivity index (χ2n) is 3.81. The van der Waals surface area contributed by atoms with E-state index >= 15 is 0 Å². The second-order valence-corrected chi connectivity index (χ2v) is 3.81. The molecule has 13 heavy (non-hydrogen) atoms. The number of nitrogens with zero attached hydrogens (tertiary/aromatic N) is 1. The number of hydrogen-bond acceptors (Lipinski definition) is 4. The Hall–Kier alpha value is -1.39. The summed E-state index contributed by atoms with van der Waals surface area (Å²) in [5, 5.41) is 0. The number of hydrogen-bond donors (Lipinski definition) is 0. The highest BCUT2D eigenvalue weighted by atomic mass is 17.3. The molecule has 0 radical (unpaired) electrons. The molecule has 0 amide bonds. The molecule has 0 N–H and O–H groups in total. The van der Waals surface area contributed by atoms with Gasteiger partial charge in [-0.3, -0.25) is 0 Å². The van der Waals surface area contributed by atoms with Gasteiger partial charge in [0, 0.05) is 5.41 Å². The zero-order valence-corrected chi connectivity index (χ0v) is 7.94. The van der Waals surface area contributed by atoms with Crippen LogP contribution < -0.4 is 0 Å². The van der Waals surface area contributed by atoms with E-state index in [1.54, 1.807) is 6.08 Å². The molecule has 0 aliphatic rings. The summed E-state index contributed by atoms with van der Waals surface area (Å²) in [6, 6.07) is 0. The normalized spacial score (nSPS) is 14.1. The molecule has 1 atom stereocenters. The van der Waals surface area contributed by atoms with Crippen LogP contribution in [0.25, 0.3) is 0 Å². The first kappa shape index (κ1) is 9.70. The minimum atomic E-state index is -0.667. The average Bonchev–Trinajstić information content (AvgIpc) is 2.78. The first-order chi connectivity index (χ1) is 5.95. The highest BCUT2D eigenvalue weighted by Crippen LogP contribution is 2.23. The predicted molar refractivity (Wildman–Crippen MR) is 44.3 cm³/mol. The van der Waals surface area contributed by atoms with Crippen molar-refractivity contribution >= 4 is 6.09 Å². The van der Waals surface area contributed by atoms with Crippen LogP contribution in [0.4, 0.5) is 4.79 Å². The molecular weight excluding hydrogens is 174 g/mol. The van der Waals surface area contributed by atoms with Crippen LogP contribution in [0.2, 0.25) is 0 Å². The Morgan fingerprint density at radius 2 is 2.08 bits per heavy atom. The molecule has 74 valence electrons. The van der Waals surface area contributed by atoms with Gasteiger partial charge < -0.3 is 4.74 Å². The third-order valence-electron chi connectivity index (χ3n) is 1.59. The van der Waals surface area contributed by atoms with E-state index in [9.17, 15) is 4.79 Å². The maximum absolute atomic E-state index is 11.0. The minimum Gasteiger partial charge on any atom is -0.437 e. The first-order valence-corrected chi connectivity index (χ1v) is 3.93. The highest BCUT2D eigenvalue weighted by molar-refractivity contribution is 5.67. The molecule has 1 unspecified atom stereocenters. The van der Waals surface area contributed by atoms with Crippen molar-refractivity contribution in [3.05, 3.63) is 12.7 Å². The van der Waals surface area contributed by atoms with Crippen LogP contribution in [0.3, 0.4) is 0 Å². The van der Waals surface area contributed by atoms with Crippen LogP contribution in [0.1, 0.15) is 20.8 Å². The van der Waals surface area contributed by atoms with Gasteiger partial charge in [-0.1, -0.05) is 33.4 Å². The lowest BCUT2D eigenvalue weighted by Crippen LogP contribution is -2.30. The number of aromatic nitrogens is 1. The van der Waals surface area contributed by atoms with Gasteiger partial charge in [-0.15, -0.1) is 9.36 Å². The number of ether oxygens (including phenoxy) is 1. The lowest BCUT2D eigenvalue weighted by Gasteiger charge is -2.26. The molecule has 1 rings (SSSR count). The minimum absolute atomic E-state index is 0.187. The molecule has 1 heterocycles. The lowest BCUT2D eigenvalue weighted by atomic mass is 9.89. The fourth-order valence-electron chi connectivity index (χ4n) is 0.808. The molecule has 1 aromatic rings. The molecule has 1 aromatic heterocycles. The topological polar surface area (TPSA) is 57.5 Å². The summed E-state index contributed by atoms with van der Waals surface area (Å²) in [5.41, 5.74) is -0.187. The second kappa shape index (κ2) is 3.16. The fraction of sp³-hybridized carbons (Fsp3) is 0.625. The molecule has 0 saturated carbocycles. The van der Waals surface area contributed by atoms with Crippen molar-refractivity contribution in [2.45, 2.75) is 26.9 Å². The van der Waals surface area contributed by atoms with Crippen LogP contribution in [0.5, 0.6) is 0 Å². The van der Waals surface area contributed by atoms with E-state index in [0.29, 0.717) is 4.91 Å². The summed E-state index contributed by atoms with van der Waals surface area (Å²) in [6.07, 6.45) is 0.536. The number of carbonyl (C=O) groups is 1. The highest BCUT2D eigenvalue weighted by Gasteiger charge is 2.28. The van der Waals surface area contributed by atoms with Gasteiger partial charge >= 0.3 is 6.09 Å². The zero-order chi connectivity index (χ0) is 10.1. The monoisotopic (exact) mass is 187 g/mol. The molecular formula is C8H13NO4. The molecule has 0 spiro atoms. The molecule has 5 nitrogen and oxygen atoms in total. The van der Waals surface area contributed by atoms with Crippen LogP contribution in [0, 0.1) is 5.41 Å². The quantitative estimate of drug-likeness (QED) is 0.526. The van der Waals surface area contributed by atoms with Crippen molar-refractivity contribution in [1.82, 2.24) is 4.91 Å². The Morgan fingerprint density at radius 1 is 1.54 bits per heavy atom.